The number of morpholine rings is 1. The van der Waals surface area contributed by atoms with Gasteiger partial charge in [-0.25, -0.2) is 0 Å². The van der Waals surface area contributed by atoms with E-state index in [9.17, 15) is 0 Å². The minimum Gasteiger partial charge on any atom is -0.378 e. The molecular weight excluding hydrogens is 314 g/mol. The summed E-state index contributed by atoms with van der Waals surface area (Å²) >= 11 is 0. The lowest BCUT2D eigenvalue weighted by molar-refractivity contribution is 0.122. The number of aryl methyl sites for hydroxylation is 1. The van der Waals surface area contributed by atoms with Crippen molar-refractivity contribution in [1.82, 2.24) is 20.1 Å². The third-order valence-corrected chi connectivity index (χ3v) is 4.72. The maximum absolute atomic E-state index is 5.52. The second-order valence-electron chi connectivity index (χ2n) is 6.92. The van der Waals surface area contributed by atoms with Crippen molar-refractivity contribution in [2.24, 2.45) is 7.05 Å². The van der Waals surface area contributed by atoms with E-state index in [0.717, 1.165) is 38.5 Å². The number of nitrogens with one attached hydrogen (secondary N) is 1. The zero-order chi connectivity index (χ0) is 17.8. The second-order valence-corrected chi connectivity index (χ2v) is 6.92. The number of nitrogens with zero attached hydrogens (tertiary/aromatic N) is 4. The highest BCUT2D eigenvalue weighted by molar-refractivity contribution is 5.51. The van der Waals surface area contributed by atoms with E-state index in [1.807, 2.05) is 30.1 Å². The fourth-order valence-electron chi connectivity index (χ4n) is 3.38. The van der Waals surface area contributed by atoms with Crippen LogP contribution in [0, 0.1) is 0 Å². The first-order valence-electron chi connectivity index (χ1n) is 9.10. The number of anilines is 1. The van der Waals surface area contributed by atoms with Gasteiger partial charge in [0.15, 0.2) is 0 Å². The fourth-order valence-corrected chi connectivity index (χ4v) is 3.38. The van der Waals surface area contributed by atoms with E-state index in [2.05, 4.69) is 42.0 Å². The summed E-state index contributed by atoms with van der Waals surface area (Å²) in [6, 6.07) is 6.24. The van der Waals surface area contributed by atoms with Gasteiger partial charge in [0.25, 0.3) is 0 Å². The topological polar surface area (TPSA) is 55.2 Å². The van der Waals surface area contributed by atoms with Crippen molar-refractivity contribution >= 4 is 5.82 Å². The Morgan fingerprint density at radius 3 is 2.60 bits per heavy atom. The normalized spacial score (nSPS) is 16.4. The molecule has 1 aliphatic heterocycles. The first kappa shape index (κ1) is 17.9. The van der Waals surface area contributed by atoms with Gasteiger partial charge in [-0.05, 0) is 25.0 Å². The summed E-state index contributed by atoms with van der Waals surface area (Å²) in [4.78, 5) is 6.85. The summed E-state index contributed by atoms with van der Waals surface area (Å²) in [5.41, 5.74) is 3.53. The molecule has 0 radical (unpaired) electrons. The maximum atomic E-state index is 5.52. The molecule has 25 heavy (non-hydrogen) atoms. The largest absolute Gasteiger partial charge is 0.378 e. The summed E-state index contributed by atoms with van der Waals surface area (Å²) in [7, 11) is 2.04. The van der Waals surface area contributed by atoms with Crippen molar-refractivity contribution in [2.45, 2.75) is 39.3 Å². The van der Waals surface area contributed by atoms with Gasteiger partial charge >= 0.3 is 0 Å². The van der Waals surface area contributed by atoms with Crippen LogP contribution in [-0.4, -0.2) is 41.1 Å². The van der Waals surface area contributed by atoms with Crippen molar-refractivity contribution in [3.05, 3.63) is 41.3 Å². The average molecular weight is 343 g/mol. The minimum absolute atomic E-state index is 0.193. The van der Waals surface area contributed by atoms with Gasteiger partial charge in [-0.1, -0.05) is 19.9 Å². The third kappa shape index (κ3) is 4.02. The van der Waals surface area contributed by atoms with Crippen molar-refractivity contribution in [2.75, 3.05) is 31.2 Å². The Balaban J connectivity index is 1.83. The van der Waals surface area contributed by atoms with Gasteiger partial charge in [-0.3, -0.25) is 9.67 Å². The lowest BCUT2D eigenvalue weighted by Crippen LogP contribution is -2.38. The Morgan fingerprint density at radius 2 is 1.96 bits per heavy atom. The van der Waals surface area contributed by atoms with Crippen LogP contribution in [-0.2, 0) is 18.3 Å². The molecule has 1 fully saturated rings. The number of ether oxygens (including phenoxy) is 1. The van der Waals surface area contributed by atoms with E-state index in [4.69, 9.17) is 9.84 Å². The monoisotopic (exact) mass is 343 g/mol. The molecule has 6 nitrogen and oxygen atoms in total. The molecule has 2 aromatic rings. The molecule has 1 aliphatic rings. The highest BCUT2D eigenvalue weighted by atomic mass is 16.5. The number of hydrogen-bond donors (Lipinski definition) is 1. The molecule has 3 rings (SSSR count). The first-order chi connectivity index (χ1) is 12.1. The second kappa shape index (κ2) is 7.97. The van der Waals surface area contributed by atoms with Crippen LogP contribution in [0.3, 0.4) is 0 Å². The van der Waals surface area contributed by atoms with E-state index in [1.54, 1.807) is 0 Å². The zero-order valence-corrected chi connectivity index (χ0v) is 15.7. The predicted octanol–water partition coefficient (Wildman–Crippen LogP) is 2.63. The first-order valence-corrected chi connectivity index (χ1v) is 9.10. The van der Waals surface area contributed by atoms with Gasteiger partial charge in [0.05, 0.1) is 24.6 Å². The van der Waals surface area contributed by atoms with Gasteiger partial charge < -0.3 is 15.0 Å². The van der Waals surface area contributed by atoms with Crippen LogP contribution in [0.4, 0.5) is 5.82 Å². The van der Waals surface area contributed by atoms with E-state index >= 15 is 0 Å². The van der Waals surface area contributed by atoms with Crippen LogP contribution in [0.15, 0.2) is 24.4 Å². The molecular formula is C19H29N5O. The Bertz CT molecular complexity index is 677. The smallest absolute Gasteiger partial charge is 0.131 e. The zero-order valence-electron chi connectivity index (χ0n) is 15.7. The number of pyridine rings is 1. The molecule has 0 spiro atoms. The molecule has 0 bridgehead atoms. The predicted molar refractivity (Wildman–Crippen MR) is 99.8 cm³/mol. The molecule has 0 aromatic carbocycles. The van der Waals surface area contributed by atoms with E-state index in [-0.39, 0.29) is 6.04 Å². The molecule has 1 saturated heterocycles. The minimum atomic E-state index is 0.193. The van der Waals surface area contributed by atoms with Crippen molar-refractivity contribution in [1.29, 1.82) is 0 Å². The maximum Gasteiger partial charge on any atom is 0.131 e. The standard InChI is InChI=1S/C19H29N5O/c1-14(2)18-16(13-21-15(3)17-7-5-6-8-20-17)19(23(4)22-18)24-9-11-25-12-10-24/h5-8,14-15,21H,9-13H2,1-4H3/t15-/m0/s1. The molecule has 6 heteroatoms. The number of rotatable bonds is 6. The van der Waals surface area contributed by atoms with Crippen LogP contribution in [0.2, 0.25) is 0 Å². The van der Waals surface area contributed by atoms with Crippen molar-refractivity contribution < 1.29 is 4.74 Å². The van der Waals surface area contributed by atoms with Crippen LogP contribution in [0.5, 0.6) is 0 Å². The fraction of sp³-hybridized carbons (Fsp3) is 0.579. The van der Waals surface area contributed by atoms with Crippen LogP contribution in [0.25, 0.3) is 0 Å². The van der Waals surface area contributed by atoms with E-state index in [0.29, 0.717) is 5.92 Å². The highest BCUT2D eigenvalue weighted by Crippen LogP contribution is 2.29. The summed E-state index contributed by atoms with van der Waals surface area (Å²) in [6.45, 7) is 10.7. The number of aromatic nitrogens is 3. The lowest BCUT2D eigenvalue weighted by atomic mass is 10.0. The van der Waals surface area contributed by atoms with Gasteiger partial charge in [-0.2, -0.15) is 5.10 Å². The summed E-state index contributed by atoms with van der Waals surface area (Å²) < 4.78 is 7.55. The van der Waals surface area contributed by atoms with Crippen LogP contribution < -0.4 is 10.2 Å². The molecule has 2 aromatic heterocycles. The Labute approximate surface area is 150 Å². The van der Waals surface area contributed by atoms with Crippen molar-refractivity contribution in [3.63, 3.8) is 0 Å². The van der Waals surface area contributed by atoms with Gasteiger partial charge in [0.2, 0.25) is 0 Å². The van der Waals surface area contributed by atoms with Gasteiger partial charge in [0, 0.05) is 44.5 Å². The SMILES string of the molecule is CC(C)c1nn(C)c(N2CCOCC2)c1CN[C@@H](C)c1ccccn1. The molecule has 0 unspecified atom stereocenters. The molecule has 136 valence electrons. The highest BCUT2D eigenvalue weighted by Gasteiger charge is 2.24. The lowest BCUT2D eigenvalue weighted by Gasteiger charge is -2.30. The molecule has 0 saturated carbocycles. The average Bonchev–Trinajstić information content (AvgIpc) is 2.97. The van der Waals surface area contributed by atoms with Crippen LogP contribution >= 0.6 is 0 Å². The summed E-state index contributed by atoms with van der Waals surface area (Å²) in [6.07, 6.45) is 1.84. The summed E-state index contributed by atoms with van der Waals surface area (Å²) in [5, 5.41) is 8.44. The molecule has 1 atom stereocenters. The Hall–Kier alpha value is -1.92. The molecule has 3 heterocycles. The van der Waals surface area contributed by atoms with Gasteiger partial charge in [0.1, 0.15) is 5.82 Å². The van der Waals surface area contributed by atoms with Gasteiger partial charge in [-0.15, -0.1) is 0 Å². The quantitative estimate of drug-likeness (QED) is 0.874. The number of hydrogen-bond acceptors (Lipinski definition) is 5. The van der Waals surface area contributed by atoms with E-state index in [1.165, 1.54) is 17.1 Å². The van der Waals surface area contributed by atoms with Crippen molar-refractivity contribution in [3.8, 4) is 0 Å². The Morgan fingerprint density at radius 1 is 1.20 bits per heavy atom. The summed E-state index contributed by atoms with van der Waals surface area (Å²) in [5.74, 6) is 1.61. The molecule has 0 aliphatic carbocycles. The van der Waals surface area contributed by atoms with E-state index < -0.39 is 0 Å². The Kier molecular flexibility index (Phi) is 5.71. The third-order valence-electron chi connectivity index (χ3n) is 4.72. The van der Waals surface area contributed by atoms with Crippen LogP contribution in [0.1, 0.15) is 49.7 Å². The molecule has 0 amide bonds. The molecule has 1 N–H and O–H groups in total.